The molecule has 2 fully saturated rings. The molecule has 2 aliphatic rings. The van der Waals surface area contributed by atoms with E-state index in [-0.39, 0.29) is 24.9 Å². The molecule has 6 atom stereocenters. The summed E-state index contributed by atoms with van der Waals surface area (Å²) in [6.07, 6.45) is 4.46. The first-order valence-electron chi connectivity index (χ1n) is 12.7. The Balaban J connectivity index is 1.49. The normalized spacial score (nSPS) is 28.7. The molecule has 0 radical (unpaired) electrons. The lowest BCUT2D eigenvalue weighted by Crippen LogP contribution is -2.50. The molecule has 1 saturated carbocycles. The molecule has 11 heteroatoms. The van der Waals surface area contributed by atoms with Gasteiger partial charge in [-0.15, -0.1) is 10.2 Å². The summed E-state index contributed by atoms with van der Waals surface area (Å²) in [5.41, 5.74) is 0. The smallest absolute Gasteiger partial charge is 0.328 e. The van der Waals surface area contributed by atoms with E-state index in [1.165, 1.54) is 11.9 Å². The molecule has 2 N–H and O–H groups in total. The van der Waals surface area contributed by atoms with Gasteiger partial charge in [0.2, 0.25) is 5.91 Å². The molecule has 0 spiro atoms. The van der Waals surface area contributed by atoms with Crippen LogP contribution in [0, 0.1) is 17.8 Å². The van der Waals surface area contributed by atoms with Crippen molar-refractivity contribution in [3.05, 3.63) is 5.82 Å². The number of amides is 1. The number of fused-ring (bicyclic) bond motifs is 1. The number of esters is 2. The molecule has 34 heavy (non-hydrogen) atoms. The average Bonchev–Trinajstić information content (AvgIpc) is 3.35. The van der Waals surface area contributed by atoms with Crippen LogP contribution < -0.4 is 5.32 Å². The lowest BCUT2D eigenvalue weighted by molar-refractivity contribution is -0.158. The van der Waals surface area contributed by atoms with Crippen LogP contribution in [0.3, 0.4) is 0 Å². The van der Waals surface area contributed by atoms with Crippen LogP contribution in [0.2, 0.25) is 0 Å². The summed E-state index contributed by atoms with van der Waals surface area (Å²) in [4.78, 5) is 38.7. The van der Waals surface area contributed by atoms with Crippen molar-refractivity contribution in [2.24, 2.45) is 17.8 Å². The van der Waals surface area contributed by atoms with E-state index in [9.17, 15) is 14.4 Å². The van der Waals surface area contributed by atoms with Gasteiger partial charge in [0.25, 0.3) is 0 Å². The molecule has 0 aromatic carbocycles. The number of nitrogens with one attached hydrogen (secondary N) is 2. The Labute approximate surface area is 202 Å². The zero-order chi connectivity index (χ0) is 25.6. The molecule has 11 nitrogen and oxygen atoms in total. The van der Waals surface area contributed by atoms with Crippen LogP contribution in [0.5, 0.6) is 0 Å². The zero-order valence-electron chi connectivity index (χ0n) is 21.6. The standard InChI is InChI=1S/C23H38N6O5/c1-5-33-22(31)15(3)29(4)21(30)10-14(2)34-23(32)19-12-18-11-16(6-8-17(18)13-24-19)7-9-20-25-27-28-26-20/h14-19,24H,5-13H2,1-4H3,(H,25,26,27,28)/t14-,15+,16+,17-,18+,19-/m0/s1/i19D. The third kappa shape index (κ3) is 6.97. The number of H-pyrrole nitrogens is 1. The molecule has 1 saturated heterocycles. The Hall–Kier alpha value is -2.56. The number of aryl methyl sites for hydroxylation is 1. The summed E-state index contributed by atoms with van der Waals surface area (Å²) < 4.78 is 19.3. The van der Waals surface area contributed by atoms with Crippen molar-refractivity contribution in [1.82, 2.24) is 30.8 Å². The fraction of sp³-hybridized carbons (Fsp3) is 0.826. The van der Waals surface area contributed by atoms with Crippen molar-refractivity contribution in [2.45, 2.75) is 83.9 Å². The van der Waals surface area contributed by atoms with Crippen molar-refractivity contribution >= 4 is 17.8 Å². The molecule has 0 bridgehead atoms. The van der Waals surface area contributed by atoms with Crippen molar-refractivity contribution in [3.63, 3.8) is 0 Å². The maximum atomic E-state index is 12.9. The molecule has 2 heterocycles. The summed E-state index contributed by atoms with van der Waals surface area (Å²) in [7, 11) is 1.52. The highest BCUT2D eigenvalue weighted by Crippen LogP contribution is 2.40. The van der Waals surface area contributed by atoms with Gasteiger partial charge >= 0.3 is 11.9 Å². The lowest BCUT2D eigenvalue weighted by Gasteiger charge is -2.42. The molecule has 190 valence electrons. The Morgan fingerprint density at radius 1 is 1.24 bits per heavy atom. The number of likely N-dealkylation sites (N-methyl/N-ethyl adjacent to an activating group) is 1. The second-order valence-electron chi connectivity index (χ2n) is 9.48. The van der Waals surface area contributed by atoms with Gasteiger partial charge in [-0.3, -0.25) is 9.59 Å². The number of hydrogen-bond acceptors (Lipinski definition) is 9. The van der Waals surface area contributed by atoms with E-state index in [2.05, 4.69) is 25.9 Å². The predicted octanol–water partition coefficient (Wildman–Crippen LogP) is 1.26. The van der Waals surface area contributed by atoms with Crippen molar-refractivity contribution in [1.29, 1.82) is 0 Å². The number of carbonyl (C=O) groups is 3. The number of ether oxygens (including phenoxy) is 2. The first-order valence-corrected chi connectivity index (χ1v) is 12.2. The maximum absolute atomic E-state index is 12.9. The van der Waals surface area contributed by atoms with Crippen molar-refractivity contribution in [3.8, 4) is 0 Å². The van der Waals surface area contributed by atoms with Gasteiger partial charge in [-0.05, 0) is 70.8 Å². The van der Waals surface area contributed by atoms with Crippen LogP contribution in [0.15, 0.2) is 0 Å². The minimum absolute atomic E-state index is 0.0771. The molecule has 1 aromatic heterocycles. The van der Waals surface area contributed by atoms with Crippen LogP contribution in [-0.4, -0.2) is 81.7 Å². The van der Waals surface area contributed by atoms with Crippen LogP contribution in [0.4, 0.5) is 0 Å². The first-order chi connectivity index (χ1) is 16.6. The SMILES string of the molecule is [2H][C@@]1(C(=O)O[C@@H](C)CC(=O)N(C)[C@H](C)C(=O)OCC)C[C@H]2C[C@@H](CCc3nn[nH]n3)CC[C@H]2CN1. The highest BCUT2D eigenvalue weighted by atomic mass is 16.5. The Morgan fingerprint density at radius 3 is 2.74 bits per heavy atom. The summed E-state index contributed by atoms with van der Waals surface area (Å²) in [5.74, 6) is 0.438. The van der Waals surface area contributed by atoms with E-state index in [0.717, 1.165) is 32.1 Å². The average molecular weight is 480 g/mol. The summed E-state index contributed by atoms with van der Waals surface area (Å²) in [5, 5.41) is 17.2. The molecule has 1 amide bonds. The predicted molar refractivity (Wildman–Crippen MR) is 122 cm³/mol. The third-order valence-electron chi connectivity index (χ3n) is 7.08. The minimum atomic E-state index is -1.53. The van der Waals surface area contributed by atoms with Crippen LogP contribution in [0.1, 0.15) is 66.5 Å². The minimum Gasteiger partial charge on any atom is -0.464 e. The topological polar surface area (TPSA) is 139 Å². The van der Waals surface area contributed by atoms with E-state index in [1.54, 1.807) is 20.8 Å². The lowest BCUT2D eigenvalue weighted by atomic mass is 9.69. The number of rotatable bonds is 10. The molecule has 1 aromatic rings. The number of hydrogen-bond donors (Lipinski definition) is 2. The van der Waals surface area contributed by atoms with E-state index in [4.69, 9.17) is 10.8 Å². The van der Waals surface area contributed by atoms with Gasteiger partial charge in [0.1, 0.15) is 18.2 Å². The summed E-state index contributed by atoms with van der Waals surface area (Å²) in [6.45, 7) is 5.76. The molecular formula is C23H38N6O5. The van der Waals surface area contributed by atoms with E-state index in [1.807, 2.05) is 0 Å². The van der Waals surface area contributed by atoms with Gasteiger partial charge in [0, 0.05) is 13.5 Å². The second-order valence-corrected chi connectivity index (χ2v) is 9.48. The quantitative estimate of drug-likeness (QED) is 0.475. The van der Waals surface area contributed by atoms with E-state index >= 15 is 0 Å². The van der Waals surface area contributed by atoms with Gasteiger partial charge in [0.15, 0.2) is 5.82 Å². The van der Waals surface area contributed by atoms with Crippen LogP contribution in [0.25, 0.3) is 0 Å². The number of carbonyl (C=O) groups excluding carboxylic acids is 3. The highest BCUT2D eigenvalue weighted by Gasteiger charge is 2.38. The molecule has 0 unspecified atom stereocenters. The molecule has 1 aliphatic heterocycles. The monoisotopic (exact) mass is 479 g/mol. The maximum Gasteiger partial charge on any atom is 0.328 e. The van der Waals surface area contributed by atoms with E-state index in [0.29, 0.717) is 30.6 Å². The Bertz CT molecular complexity index is 871. The van der Waals surface area contributed by atoms with Gasteiger partial charge in [0.05, 0.1) is 14.4 Å². The second kappa shape index (κ2) is 12.2. The number of tetrazole rings is 1. The van der Waals surface area contributed by atoms with Crippen molar-refractivity contribution < 1.29 is 25.2 Å². The van der Waals surface area contributed by atoms with Gasteiger partial charge in [-0.25, -0.2) is 4.79 Å². The summed E-state index contributed by atoms with van der Waals surface area (Å²) >= 11 is 0. The van der Waals surface area contributed by atoms with Gasteiger partial charge < -0.3 is 19.7 Å². The van der Waals surface area contributed by atoms with Gasteiger partial charge in [-0.1, -0.05) is 11.6 Å². The molecule has 3 rings (SSSR count). The number of piperidine rings is 1. The molecule has 1 aliphatic carbocycles. The Kier molecular flexibility index (Phi) is 8.84. The highest BCUT2D eigenvalue weighted by molar-refractivity contribution is 5.84. The largest absolute Gasteiger partial charge is 0.464 e. The number of aromatic amines is 1. The van der Waals surface area contributed by atoms with Gasteiger partial charge in [-0.2, -0.15) is 5.21 Å². The fourth-order valence-corrected chi connectivity index (χ4v) is 4.89. The summed E-state index contributed by atoms with van der Waals surface area (Å²) in [6, 6.07) is -2.26. The number of aromatic nitrogens is 4. The van der Waals surface area contributed by atoms with E-state index < -0.39 is 30.1 Å². The number of nitrogens with zero attached hydrogens (tertiary/aromatic N) is 4. The molecular weight excluding hydrogens is 440 g/mol. The van der Waals surface area contributed by atoms with Crippen LogP contribution in [-0.2, 0) is 30.3 Å². The Morgan fingerprint density at radius 2 is 2.03 bits per heavy atom. The fourth-order valence-electron chi connectivity index (χ4n) is 4.89. The zero-order valence-corrected chi connectivity index (χ0v) is 20.6. The first kappa shape index (κ1) is 24.6. The third-order valence-corrected chi connectivity index (χ3v) is 7.08. The van der Waals surface area contributed by atoms with Crippen LogP contribution >= 0.6 is 0 Å². The van der Waals surface area contributed by atoms with Crippen molar-refractivity contribution in [2.75, 3.05) is 20.2 Å².